The second-order valence-corrected chi connectivity index (χ2v) is 5.91. The molecule has 0 radical (unpaired) electrons. The predicted octanol–water partition coefficient (Wildman–Crippen LogP) is 2.35. The Morgan fingerprint density at radius 1 is 1.42 bits per heavy atom. The Kier molecular flexibility index (Phi) is 3.82. The molecule has 0 saturated heterocycles. The number of nitrogens with two attached hydrogens (primary N) is 1. The Morgan fingerprint density at radius 2 is 2.11 bits per heavy atom. The van der Waals surface area contributed by atoms with Crippen molar-refractivity contribution >= 4 is 28.5 Å². The molecule has 0 fully saturated rings. The van der Waals surface area contributed by atoms with Gasteiger partial charge in [-0.05, 0) is 37.6 Å². The van der Waals surface area contributed by atoms with Gasteiger partial charge in [-0.1, -0.05) is 23.6 Å². The summed E-state index contributed by atoms with van der Waals surface area (Å²) in [7, 11) is 0. The number of nitrogens with zero attached hydrogens (tertiary/aromatic N) is 1. The zero-order chi connectivity index (χ0) is 14.2. The zero-order valence-corrected chi connectivity index (χ0v) is 12.2. The second-order valence-electron chi connectivity index (χ2n) is 4.31. The molecule has 0 bridgehead atoms. The third-order valence-electron chi connectivity index (χ3n) is 2.96. The van der Waals surface area contributed by atoms with E-state index in [9.17, 15) is 9.18 Å². The lowest BCUT2D eigenvalue weighted by Crippen LogP contribution is -2.16. The first-order valence-electron chi connectivity index (χ1n) is 5.64. The average molecular weight is 296 g/mol. The largest absolute Gasteiger partial charge is 0.389 e. The van der Waals surface area contributed by atoms with Crippen molar-refractivity contribution in [3.63, 3.8) is 0 Å². The summed E-state index contributed by atoms with van der Waals surface area (Å²) < 4.78 is 15.1. The van der Waals surface area contributed by atoms with E-state index in [0.717, 1.165) is 10.6 Å². The van der Waals surface area contributed by atoms with Crippen molar-refractivity contribution in [3.8, 4) is 0 Å². The Labute approximate surface area is 119 Å². The second kappa shape index (κ2) is 5.22. The fourth-order valence-electron chi connectivity index (χ4n) is 1.84. The van der Waals surface area contributed by atoms with Crippen molar-refractivity contribution in [1.29, 1.82) is 0 Å². The van der Waals surface area contributed by atoms with Crippen LogP contribution >= 0.6 is 23.6 Å². The molecule has 6 heteroatoms. The summed E-state index contributed by atoms with van der Waals surface area (Å²) >= 11 is 6.04. The first-order chi connectivity index (χ1) is 8.88. The quantitative estimate of drug-likeness (QED) is 0.885. The first kappa shape index (κ1) is 13.9. The van der Waals surface area contributed by atoms with Crippen molar-refractivity contribution < 1.29 is 4.39 Å². The minimum absolute atomic E-state index is 0.0452. The van der Waals surface area contributed by atoms with E-state index in [1.165, 1.54) is 23.5 Å². The Balaban J connectivity index is 2.43. The van der Waals surface area contributed by atoms with Crippen molar-refractivity contribution in [2.24, 2.45) is 5.73 Å². The molecule has 0 spiro atoms. The molecule has 2 N–H and O–H groups in total. The maximum Gasteiger partial charge on any atom is 0.307 e. The van der Waals surface area contributed by atoms with Gasteiger partial charge in [-0.3, -0.25) is 9.36 Å². The molecule has 0 unspecified atom stereocenters. The summed E-state index contributed by atoms with van der Waals surface area (Å²) in [5.74, 6) is -0.405. The molecule has 0 atom stereocenters. The summed E-state index contributed by atoms with van der Waals surface area (Å²) in [6.07, 6.45) is 0. The number of thiocarbonyl (C=S) groups is 1. The minimum atomic E-state index is -0.405. The van der Waals surface area contributed by atoms with Gasteiger partial charge in [0, 0.05) is 16.1 Å². The van der Waals surface area contributed by atoms with Crippen LogP contribution in [0.25, 0.3) is 0 Å². The summed E-state index contributed by atoms with van der Waals surface area (Å²) in [4.78, 5) is 12.9. The van der Waals surface area contributed by atoms with Crippen LogP contribution in [0, 0.1) is 19.7 Å². The maximum atomic E-state index is 13.5. The van der Waals surface area contributed by atoms with Crippen molar-refractivity contribution in [2.75, 3.05) is 0 Å². The molecular formula is C13H13FN2OS2. The first-order valence-corrected chi connectivity index (χ1v) is 6.87. The summed E-state index contributed by atoms with van der Waals surface area (Å²) in [6.45, 7) is 4.09. The van der Waals surface area contributed by atoms with E-state index in [1.54, 1.807) is 10.6 Å². The van der Waals surface area contributed by atoms with Crippen LogP contribution < -0.4 is 10.6 Å². The minimum Gasteiger partial charge on any atom is -0.389 e. The van der Waals surface area contributed by atoms with Crippen LogP contribution in [-0.4, -0.2) is 9.56 Å². The van der Waals surface area contributed by atoms with Gasteiger partial charge in [0.1, 0.15) is 10.8 Å². The van der Waals surface area contributed by atoms with Gasteiger partial charge in [-0.25, -0.2) is 4.39 Å². The third-order valence-corrected chi connectivity index (χ3v) is 4.19. The number of benzene rings is 1. The summed E-state index contributed by atoms with van der Waals surface area (Å²) in [5, 5.41) is 0. The SMILES string of the molecule is Cc1sc(=O)n(Cc2cc(F)cc(C(N)=S)c2)c1C. The van der Waals surface area contributed by atoms with Crippen LogP contribution in [0.1, 0.15) is 21.7 Å². The van der Waals surface area contributed by atoms with E-state index >= 15 is 0 Å². The highest BCUT2D eigenvalue weighted by molar-refractivity contribution is 7.80. The van der Waals surface area contributed by atoms with Crippen LogP contribution in [0.15, 0.2) is 23.0 Å². The Hall–Kier alpha value is -1.53. The van der Waals surface area contributed by atoms with Gasteiger partial charge in [0.15, 0.2) is 0 Å². The van der Waals surface area contributed by atoms with Gasteiger partial charge in [0.05, 0.1) is 6.54 Å². The molecule has 1 aromatic heterocycles. The molecule has 1 aromatic carbocycles. The number of aryl methyl sites for hydroxylation is 1. The number of aromatic nitrogens is 1. The van der Waals surface area contributed by atoms with Crippen LogP contribution in [0.3, 0.4) is 0 Å². The van der Waals surface area contributed by atoms with E-state index in [0.29, 0.717) is 17.7 Å². The molecule has 3 nitrogen and oxygen atoms in total. The highest BCUT2D eigenvalue weighted by Gasteiger charge is 2.10. The standard InChI is InChI=1S/C13H13FN2OS2/c1-7-8(2)19-13(17)16(7)6-9-3-10(12(15)18)5-11(14)4-9/h3-5H,6H2,1-2H3,(H2,15,18). The van der Waals surface area contributed by atoms with E-state index in [-0.39, 0.29) is 9.86 Å². The molecule has 0 saturated carbocycles. The van der Waals surface area contributed by atoms with Gasteiger partial charge < -0.3 is 5.73 Å². The van der Waals surface area contributed by atoms with Crippen molar-refractivity contribution in [3.05, 3.63) is 55.4 Å². The highest BCUT2D eigenvalue weighted by atomic mass is 32.1. The fourth-order valence-corrected chi connectivity index (χ4v) is 2.79. The molecule has 100 valence electrons. The van der Waals surface area contributed by atoms with Crippen molar-refractivity contribution in [2.45, 2.75) is 20.4 Å². The van der Waals surface area contributed by atoms with Gasteiger partial charge in [0.25, 0.3) is 0 Å². The average Bonchev–Trinajstić information content (AvgIpc) is 2.55. The molecular weight excluding hydrogens is 283 g/mol. The number of hydrogen-bond donors (Lipinski definition) is 1. The lowest BCUT2D eigenvalue weighted by Gasteiger charge is -2.07. The van der Waals surface area contributed by atoms with Crippen LogP contribution in [0.4, 0.5) is 4.39 Å². The van der Waals surface area contributed by atoms with Gasteiger partial charge in [0.2, 0.25) is 0 Å². The zero-order valence-electron chi connectivity index (χ0n) is 10.6. The monoisotopic (exact) mass is 296 g/mol. The summed E-state index contributed by atoms with van der Waals surface area (Å²) in [6, 6.07) is 4.39. The van der Waals surface area contributed by atoms with E-state index in [1.807, 2.05) is 13.8 Å². The van der Waals surface area contributed by atoms with E-state index in [2.05, 4.69) is 0 Å². The van der Waals surface area contributed by atoms with Crippen LogP contribution in [0.2, 0.25) is 0 Å². The Bertz CT molecular complexity index is 703. The van der Waals surface area contributed by atoms with E-state index < -0.39 is 5.82 Å². The summed E-state index contributed by atoms with van der Waals surface area (Å²) in [5.41, 5.74) is 7.55. The molecule has 19 heavy (non-hydrogen) atoms. The number of rotatable bonds is 3. The highest BCUT2D eigenvalue weighted by Crippen LogP contribution is 2.14. The topological polar surface area (TPSA) is 48.0 Å². The maximum absolute atomic E-state index is 13.5. The smallest absolute Gasteiger partial charge is 0.307 e. The fraction of sp³-hybridized carbons (Fsp3) is 0.231. The molecule has 0 aliphatic carbocycles. The number of hydrogen-bond acceptors (Lipinski definition) is 3. The molecule has 1 heterocycles. The van der Waals surface area contributed by atoms with Crippen molar-refractivity contribution in [1.82, 2.24) is 4.57 Å². The molecule has 2 rings (SSSR count). The normalized spacial score (nSPS) is 10.7. The molecule has 0 amide bonds. The Morgan fingerprint density at radius 3 is 2.63 bits per heavy atom. The van der Waals surface area contributed by atoms with Gasteiger partial charge in [-0.2, -0.15) is 0 Å². The number of thiazole rings is 1. The van der Waals surface area contributed by atoms with E-state index in [4.69, 9.17) is 18.0 Å². The molecule has 0 aliphatic heterocycles. The van der Waals surface area contributed by atoms with Gasteiger partial charge in [-0.15, -0.1) is 0 Å². The van der Waals surface area contributed by atoms with Crippen LogP contribution in [0.5, 0.6) is 0 Å². The molecule has 0 aliphatic rings. The predicted molar refractivity (Wildman–Crippen MR) is 79.4 cm³/mol. The third kappa shape index (κ3) is 2.90. The van der Waals surface area contributed by atoms with Gasteiger partial charge >= 0.3 is 4.87 Å². The lowest BCUT2D eigenvalue weighted by atomic mass is 10.1. The number of halogens is 1. The van der Waals surface area contributed by atoms with Crippen LogP contribution in [-0.2, 0) is 6.54 Å². The lowest BCUT2D eigenvalue weighted by molar-refractivity contribution is 0.622. The molecule has 2 aromatic rings.